The Bertz CT molecular complexity index is 924. The molecule has 0 saturated carbocycles. The van der Waals surface area contributed by atoms with Crippen LogP contribution in [-0.2, 0) is 4.79 Å². The van der Waals surface area contributed by atoms with Gasteiger partial charge in [0.15, 0.2) is 0 Å². The van der Waals surface area contributed by atoms with Crippen molar-refractivity contribution in [3.63, 3.8) is 0 Å². The van der Waals surface area contributed by atoms with Gasteiger partial charge in [0.2, 0.25) is 0 Å². The van der Waals surface area contributed by atoms with Crippen molar-refractivity contribution in [3.8, 4) is 0 Å². The van der Waals surface area contributed by atoms with Crippen LogP contribution in [0.2, 0.25) is 0 Å². The SMILES string of the molecule is CCN(CC)c1ccc(C=C2C(=O)N(c3ccc(C(=O)O)cc3)N=C2C)s1. The van der Waals surface area contributed by atoms with Crippen molar-refractivity contribution in [1.29, 1.82) is 0 Å². The summed E-state index contributed by atoms with van der Waals surface area (Å²) in [4.78, 5) is 27.1. The first-order valence-electron chi connectivity index (χ1n) is 8.74. The molecule has 0 spiro atoms. The van der Waals surface area contributed by atoms with Crippen molar-refractivity contribution in [3.05, 3.63) is 52.4 Å². The minimum Gasteiger partial charge on any atom is -0.478 e. The van der Waals surface area contributed by atoms with E-state index in [1.807, 2.05) is 12.1 Å². The molecule has 7 heteroatoms. The van der Waals surface area contributed by atoms with Gasteiger partial charge in [-0.25, -0.2) is 4.79 Å². The number of carbonyl (C=O) groups excluding carboxylic acids is 1. The maximum Gasteiger partial charge on any atom is 0.335 e. The molecule has 140 valence electrons. The van der Waals surface area contributed by atoms with Gasteiger partial charge in [-0.1, -0.05) is 0 Å². The van der Waals surface area contributed by atoms with E-state index in [1.54, 1.807) is 30.4 Å². The molecular formula is C20H21N3O3S. The summed E-state index contributed by atoms with van der Waals surface area (Å²) in [5, 5.41) is 15.8. The highest BCUT2D eigenvalue weighted by Crippen LogP contribution is 2.30. The van der Waals surface area contributed by atoms with Crippen LogP contribution in [0.1, 0.15) is 36.0 Å². The quantitative estimate of drug-likeness (QED) is 0.762. The van der Waals surface area contributed by atoms with Gasteiger partial charge in [-0.15, -0.1) is 11.3 Å². The molecule has 0 aliphatic carbocycles. The van der Waals surface area contributed by atoms with Crippen LogP contribution < -0.4 is 9.91 Å². The van der Waals surface area contributed by atoms with E-state index in [2.05, 4.69) is 29.9 Å². The van der Waals surface area contributed by atoms with Crippen molar-refractivity contribution in [1.82, 2.24) is 0 Å². The van der Waals surface area contributed by atoms with Gasteiger partial charge in [0, 0.05) is 18.0 Å². The summed E-state index contributed by atoms with van der Waals surface area (Å²) in [5.74, 6) is -1.22. The molecule has 1 N–H and O–H groups in total. The fourth-order valence-corrected chi connectivity index (χ4v) is 3.95. The van der Waals surface area contributed by atoms with E-state index in [0.717, 1.165) is 18.0 Å². The Morgan fingerprint density at radius 3 is 2.44 bits per heavy atom. The maximum atomic E-state index is 12.8. The number of rotatable bonds is 6. The summed E-state index contributed by atoms with van der Waals surface area (Å²) in [6.07, 6.45) is 1.87. The molecule has 1 aliphatic heterocycles. The molecule has 1 aromatic carbocycles. The predicted octanol–water partition coefficient (Wildman–Crippen LogP) is 4.10. The highest BCUT2D eigenvalue weighted by molar-refractivity contribution is 7.17. The maximum absolute atomic E-state index is 12.8. The van der Waals surface area contributed by atoms with Gasteiger partial charge in [0.25, 0.3) is 5.91 Å². The lowest BCUT2D eigenvalue weighted by atomic mass is 10.1. The lowest BCUT2D eigenvalue weighted by Crippen LogP contribution is -2.21. The topological polar surface area (TPSA) is 73.2 Å². The zero-order chi connectivity index (χ0) is 19.6. The molecule has 0 bridgehead atoms. The van der Waals surface area contributed by atoms with Gasteiger partial charge >= 0.3 is 5.97 Å². The highest BCUT2D eigenvalue weighted by Gasteiger charge is 2.29. The van der Waals surface area contributed by atoms with Gasteiger partial charge in [-0.05, 0) is 63.2 Å². The molecule has 27 heavy (non-hydrogen) atoms. The number of hydrogen-bond acceptors (Lipinski definition) is 5. The largest absolute Gasteiger partial charge is 0.478 e. The molecule has 0 radical (unpaired) electrons. The average Bonchev–Trinajstić information content (AvgIpc) is 3.23. The number of carbonyl (C=O) groups is 2. The third-order valence-electron chi connectivity index (χ3n) is 4.40. The molecule has 0 saturated heterocycles. The smallest absolute Gasteiger partial charge is 0.335 e. The van der Waals surface area contributed by atoms with E-state index in [1.165, 1.54) is 22.1 Å². The number of aromatic carboxylic acids is 1. The van der Waals surface area contributed by atoms with Gasteiger partial charge in [-0.2, -0.15) is 10.1 Å². The van der Waals surface area contributed by atoms with Gasteiger partial charge in [-0.3, -0.25) is 4.79 Å². The summed E-state index contributed by atoms with van der Waals surface area (Å²) in [6, 6.07) is 10.2. The van der Waals surface area contributed by atoms with E-state index in [4.69, 9.17) is 5.11 Å². The Labute approximate surface area is 162 Å². The van der Waals surface area contributed by atoms with Gasteiger partial charge in [0.1, 0.15) is 0 Å². The lowest BCUT2D eigenvalue weighted by Gasteiger charge is -2.17. The Morgan fingerprint density at radius 2 is 1.85 bits per heavy atom. The third kappa shape index (κ3) is 3.78. The number of hydrazone groups is 1. The van der Waals surface area contributed by atoms with Crippen LogP contribution in [0, 0.1) is 0 Å². The number of amides is 1. The second kappa shape index (κ2) is 7.75. The number of hydrogen-bond donors (Lipinski definition) is 1. The number of nitrogens with zero attached hydrogens (tertiary/aromatic N) is 3. The van der Waals surface area contributed by atoms with Gasteiger partial charge < -0.3 is 10.0 Å². The van der Waals surface area contributed by atoms with E-state index < -0.39 is 5.97 Å². The molecule has 0 atom stereocenters. The lowest BCUT2D eigenvalue weighted by molar-refractivity contribution is -0.114. The molecular weight excluding hydrogens is 362 g/mol. The van der Waals surface area contributed by atoms with Crippen molar-refractivity contribution in [2.24, 2.45) is 5.10 Å². The summed E-state index contributed by atoms with van der Waals surface area (Å²) in [5.41, 5.74) is 1.90. The molecule has 1 aromatic heterocycles. The molecule has 3 rings (SSSR count). The van der Waals surface area contributed by atoms with Crippen LogP contribution in [-0.4, -0.2) is 35.8 Å². The van der Waals surface area contributed by atoms with E-state index >= 15 is 0 Å². The molecule has 0 fully saturated rings. The zero-order valence-electron chi connectivity index (χ0n) is 15.5. The zero-order valence-corrected chi connectivity index (χ0v) is 16.3. The normalized spacial score (nSPS) is 15.4. The molecule has 2 aromatic rings. The Kier molecular flexibility index (Phi) is 5.41. The summed E-state index contributed by atoms with van der Waals surface area (Å²) in [7, 11) is 0. The van der Waals surface area contributed by atoms with E-state index in [0.29, 0.717) is 17.0 Å². The second-order valence-electron chi connectivity index (χ2n) is 6.06. The van der Waals surface area contributed by atoms with Crippen molar-refractivity contribution < 1.29 is 14.7 Å². The number of anilines is 2. The summed E-state index contributed by atoms with van der Waals surface area (Å²) in [6.45, 7) is 7.91. The molecule has 1 amide bonds. The first kappa shape index (κ1) is 18.8. The summed E-state index contributed by atoms with van der Waals surface area (Å²) < 4.78 is 0. The molecule has 1 aliphatic rings. The minimum atomic E-state index is -1.00. The number of benzene rings is 1. The first-order chi connectivity index (χ1) is 12.9. The van der Waals surface area contributed by atoms with Crippen LogP contribution in [0.4, 0.5) is 10.7 Å². The number of thiophene rings is 1. The first-order valence-corrected chi connectivity index (χ1v) is 9.56. The van der Waals surface area contributed by atoms with Crippen LogP contribution in [0.5, 0.6) is 0 Å². The standard InChI is InChI=1S/C20H21N3O3S/c1-4-22(5-2)18-11-10-16(27-18)12-17-13(3)21-23(19(17)24)15-8-6-14(7-9-15)20(25)26/h6-12H,4-5H2,1-3H3,(H,25,26). The number of carboxylic acids is 1. The van der Waals surface area contributed by atoms with Crippen LogP contribution in [0.15, 0.2) is 47.1 Å². The van der Waals surface area contributed by atoms with E-state index in [-0.39, 0.29) is 11.5 Å². The fourth-order valence-electron chi connectivity index (χ4n) is 2.87. The second-order valence-corrected chi connectivity index (χ2v) is 7.15. The monoisotopic (exact) mass is 383 g/mol. The third-order valence-corrected chi connectivity index (χ3v) is 5.49. The minimum absolute atomic E-state index is 0.171. The summed E-state index contributed by atoms with van der Waals surface area (Å²) >= 11 is 1.64. The Hall–Kier alpha value is -2.93. The molecule has 2 heterocycles. The fraction of sp³-hybridized carbons (Fsp3) is 0.250. The van der Waals surface area contributed by atoms with Crippen LogP contribution in [0.25, 0.3) is 6.08 Å². The predicted molar refractivity (Wildman–Crippen MR) is 110 cm³/mol. The molecule has 0 unspecified atom stereocenters. The van der Waals surface area contributed by atoms with Crippen molar-refractivity contribution in [2.75, 3.05) is 23.0 Å². The number of carboxylic acid groups (broad SMARTS) is 1. The Balaban J connectivity index is 1.84. The average molecular weight is 383 g/mol. The van der Waals surface area contributed by atoms with Crippen LogP contribution in [0.3, 0.4) is 0 Å². The highest BCUT2D eigenvalue weighted by atomic mass is 32.1. The molecule has 6 nitrogen and oxygen atoms in total. The van der Waals surface area contributed by atoms with Gasteiger partial charge in [0.05, 0.1) is 27.5 Å². The van der Waals surface area contributed by atoms with Crippen molar-refractivity contribution >= 4 is 45.7 Å². The van der Waals surface area contributed by atoms with Crippen molar-refractivity contribution in [2.45, 2.75) is 20.8 Å². The van der Waals surface area contributed by atoms with E-state index in [9.17, 15) is 9.59 Å². The Morgan fingerprint density at radius 1 is 1.19 bits per heavy atom. The van der Waals surface area contributed by atoms with Crippen LogP contribution >= 0.6 is 11.3 Å².